The fraction of sp³-hybridized carbons (Fsp3) is 0.194. The summed E-state index contributed by atoms with van der Waals surface area (Å²) in [5, 5.41) is 12.3. The molecule has 0 aliphatic carbocycles. The molecule has 1 saturated heterocycles. The number of fused-ring (bicyclic) bond motifs is 1. The lowest BCUT2D eigenvalue weighted by molar-refractivity contribution is 0.0969. The summed E-state index contributed by atoms with van der Waals surface area (Å²) in [4.78, 5) is 49.7. The van der Waals surface area contributed by atoms with E-state index in [1.165, 1.54) is 76.7 Å². The molecule has 5 aromatic rings. The summed E-state index contributed by atoms with van der Waals surface area (Å²) in [5.74, 6) is -1.41. The summed E-state index contributed by atoms with van der Waals surface area (Å²) in [6.45, 7) is 0.847. The zero-order chi connectivity index (χ0) is 30.8. The number of halogens is 2. The standard InChI is InChI=1S/C31H25F2N5O5S/c32-19-2-4-20(5-3-19)38-29(41)23(16-25-30(38)44-17-35-25)26(40)14-18-1-6-27(24(33)13-18)43-22-7-10-34-28(15-22)36-31(42)37-11-8-21(39)9-12-37/h1-7,10,13,15-17,21,39H,8-9,11-12,14H2,(H,34,36,42). The number of aliphatic hydroxyl groups is 1. The van der Waals surface area contributed by atoms with Gasteiger partial charge in [0.2, 0.25) is 0 Å². The third-order valence-corrected chi connectivity index (χ3v) is 8.01. The lowest BCUT2D eigenvalue weighted by Gasteiger charge is -2.29. The molecule has 2 aromatic carbocycles. The number of carbonyl (C=O) groups excluding carboxylic acids is 2. The number of aliphatic hydroxyl groups excluding tert-OH is 1. The number of hydrogen-bond acceptors (Lipinski definition) is 8. The molecule has 0 bridgehead atoms. The van der Waals surface area contributed by atoms with Crippen molar-refractivity contribution in [1.29, 1.82) is 0 Å². The molecular weight excluding hydrogens is 592 g/mol. The number of amides is 2. The molecule has 1 fully saturated rings. The Morgan fingerprint density at radius 1 is 1.02 bits per heavy atom. The number of urea groups is 1. The largest absolute Gasteiger partial charge is 0.454 e. The molecule has 13 heteroatoms. The molecule has 10 nitrogen and oxygen atoms in total. The van der Waals surface area contributed by atoms with Crippen LogP contribution in [-0.2, 0) is 6.42 Å². The van der Waals surface area contributed by atoms with E-state index in [9.17, 15) is 23.9 Å². The number of anilines is 1. The Balaban J connectivity index is 1.17. The minimum absolute atomic E-state index is 0.114. The Morgan fingerprint density at radius 2 is 1.80 bits per heavy atom. The van der Waals surface area contributed by atoms with Gasteiger partial charge in [-0.2, -0.15) is 0 Å². The highest BCUT2D eigenvalue weighted by Crippen LogP contribution is 2.27. The fourth-order valence-corrected chi connectivity index (χ4v) is 5.69. The summed E-state index contributed by atoms with van der Waals surface area (Å²) in [5.41, 5.74) is 1.98. The number of piperidine rings is 1. The minimum Gasteiger partial charge on any atom is -0.454 e. The van der Waals surface area contributed by atoms with Gasteiger partial charge in [-0.25, -0.2) is 23.5 Å². The number of nitrogens with zero attached hydrogens (tertiary/aromatic N) is 4. The van der Waals surface area contributed by atoms with Gasteiger partial charge in [-0.05, 0) is 66.9 Å². The maximum atomic E-state index is 15.1. The van der Waals surface area contributed by atoms with E-state index >= 15 is 4.39 Å². The van der Waals surface area contributed by atoms with Crippen molar-refractivity contribution >= 4 is 39.3 Å². The number of Topliss-reactive ketones (excluding diaryl/α,β-unsaturated/α-hetero) is 1. The molecule has 0 radical (unpaired) electrons. The molecule has 6 rings (SSSR count). The number of ether oxygens (including phenoxy) is 1. The van der Waals surface area contributed by atoms with E-state index in [0.717, 1.165) is 6.07 Å². The highest BCUT2D eigenvalue weighted by molar-refractivity contribution is 7.16. The van der Waals surface area contributed by atoms with Crippen LogP contribution in [0.1, 0.15) is 28.8 Å². The quantitative estimate of drug-likeness (QED) is 0.237. The van der Waals surface area contributed by atoms with Crippen molar-refractivity contribution in [3.05, 3.63) is 105 Å². The molecule has 2 amide bonds. The summed E-state index contributed by atoms with van der Waals surface area (Å²) < 4.78 is 35.6. The number of rotatable bonds is 7. The number of benzene rings is 2. The lowest BCUT2D eigenvalue weighted by Crippen LogP contribution is -2.42. The maximum Gasteiger partial charge on any atom is 0.323 e. The molecule has 2 N–H and O–H groups in total. The zero-order valence-electron chi connectivity index (χ0n) is 23.1. The average Bonchev–Trinajstić information content (AvgIpc) is 3.48. The smallest absolute Gasteiger partial charge is 0.323 e. The fourth-order valence-electron chi connectivity index (χ4n) is 4.90. The van der Waals surface area contributed by atoms with Crippen molar-refractivity contribution in [2.45, 2.75) is 25.4 Å². The Morgan fingerprint density at radius 3 is 2.55 bits per heavy atom. The van der Waals surface area contributed by atoms with Gasteiger partial charge in [0.05, 0.1) is 28.4 Å². The van der Waals surface area contributed by atoms with Crippen LogP contribution >= 0.6 is 11.3 Å². The Bertz CT molecular complexity index is 1920. The number of aromatic nitrogens is 3. The van der Waals surface area contributed by atoms with Crippen LogP contribution in [0.3, 0.4) is 0 Å². The second kappa shape index (κ2) is 12.3. The molecule has 224 valence electrons. The molecule has 0 unspecified atom stereocenters. The minimum atomic E-state index is -0.733. The van der Waals surface area contributed by atoms with Crippen LogP contribution in [0.5, 0.6) is 11.5 Å². The molecular formula is C31H25F2N5O5S. The number of thiazole rings is 1. The molecule has 4 heterocycles. The first-order valence-corrected chi connectivity index (χ1v) is 14.6. The van der Waals surface area contributed by atoms with E-state index in [1.807, 2.05) is 0 Å². The first kappa shape index (κ1) is 29.1. The molecule has 0 atom stereocenters. The van der Waals surface area contributed by atoms with Crippen LogP contribution < -0.4 is 15.6 Å². The third-order valence-electron chi connectivity index (χ3n) is 7.18. The number of pyridine rings is 2. The number of ketones is 1. The van der Waals surface area contributed by atoms with Crippen molar-refractivity contribution in [2.75, 3.05) is 18.4 Å². The lowest BCUT2D eigenvalue weighted by atomic mass is 10.0. The van der Waals surface area contributed by atoms with E-state index in [0.29, 0.717) is 47.5 Å². The molecule has 0 spiro atoms. The van der Waals surface area contributed by atoms with E-state index < -0.39 is 29.1 Å². The Kier molecular flexibility index (Phi) is 8.13. The number of nitrogens with one attached hydrogen (secondary N) is 1. The van der Waals surface area contributed by atoms with E-state index in [-0.39, 0.29) is 35.3 Å². The van der Waals surface area contributed by atoms with Gasteiger partial charge in [0, 0.05) is 31.8 Å². The van der Waals surface area contributed by atoms with Gasteiger partial charge >= 0.3 is 6.03 Å². The van der Waals surface area contributed by atoms with Gasteiger partial charge in [0.15, 0.2) is 17.3 Å². The van der Waals surface area contributed by atoms with Gasteiger partial charge in [-0.3, -0.25) is 19.5 Å². The summed E-state index contributed by atoms with van der Waals surface area (Å²) in [6.07, 6.45) is 1.74. The molecule has 3 aromatic heterocycles. The molecule has 1 aliphatic heterocycles. The van der Waals surface area contributed by atoms with E-state index in [2.05, 4.69) is 15.3 Å². The van der Waals surface area contributed by atoms with Crippen LogP contribution in [0.15, 0.2) is 77.2 Å². The zero-order valence-corrected chi connectivity index (χ0v) is 23.9. The predicted octanol–water partition coefficient (Wildman–Crippen LogP) is 5.33. The van der Waals surface area contributed by atoms with Gasteiger partial charge in [0.25, 0.3) is 5.56 Å². The van der Waals surface area contributed by atoms with Crippen molar-refractivity contribution < 1.29 is 28.2 Å². The van der Waals surface area contributed by atoms with Crippen LogP contribution in [0.2, 0.25) is 0 Å². The third kappa shape index (κ3) is 6.19. The molecule has 44 heavy (non-hydrogen) atoms. The monoisotopic (exact) mass is 617 g/mol. The summed E-state index contributed by atoms with van der Waals surface area (Å²) in [7, 11) is 0. The van der Waals surface area contributed by atoms with Crippen molar-refractivity contribution in [3.63, 3.8) is 0 Å². The second-order valence-electron chi connectivity index (χ2n) is 10.2. The highest BCUT2D eigenvalue weighted by atomic mass is 32.1. The van der Waals surface area contributed by atoms with Gasteiger partial charge in [-0.15, -0.1) is 11.3 Å². The van der Waals surface area contributed by atoms with Gasteiger partial charge in [-0.1, -0.05) is 6.07 Å². The molecule has 1 aliphatic rings. The summed E-state index contributed by atoms with van der Waals surface area (Å²) >= 11 is 1.21. The normalized spacial score (nSPS) is 13.7. The second-order valence-corrected chi connectivity index (χ2v) is 11.0. The van der Waals surface area contributed by atoms with Gasteiger partial charge < -0.3 is 14.7 Å². The molecule has 0 saturated carbocycles. The maximum absolute atomic E-state index is 15.1. The van der Waals surface area contributed by atoms with Crippen LogP contribution in [0, 0.1) is 11.6 Å². The van der Waals surface area contributed by atoms with Crippen LogP contribution in [0.25, 0.3) is 16.0 Å². The van der Waals surface area contributed by atoms with Crippen molar-refractivity contribution in [1.82, 2.24) is 19.4 Å². The SMILES string of the molecule is O=C(Cc1ccc(Oc2ccnc(NC(=O)N3CCC(O)CC3)c2)c(F)c1)c1cc2ncsc2n(-c2ccc(F)cc2)c1=O. The summed E-state index contributed by atoms with van der Waals surface area (Å²) in [6, 6.07) is 13.4. The number of carbonyl (C=O) groups is 2. The van der Waals surface area contributed by atoms with E-state index in [4.69, 9.17) is 4.74 Å². The van der Waals surface area contributed by atoms with Crippen molar-refractivity contribution in [2.24, 2.45) is 0 Å². The van der Waals surface area contributed by atoms with E-state index in [1.54, 1.807) is 10.4 Å². The average molecular weight is 618 g/mol. The Labute approximate surface area is 253 Å². The highest BCUT2D eigenvalue weighted by Gasteiger charge is 2.22. The first-order valence-electron chi connectivity index (χ1n) is 13.7. The number of hydrogen-bond donors (Lipinski definition) is 2. The first-order chi connectivity index (χ1) is 21.2. The van der Waals surface area contributed by atoms with Gasteiger partial charge in [0.1, 0.15) is 22.2 Å². The number of likely N-dealkylation sites (tertiary alicyclic amines) is 1. The van der Waals surface area contributed by atoms with Crippen LogP contribution in [0.4, 0.5) is 19.4 Å². The van der Waals surface area contributed by atoms with Crippen LogP contribution in [-0.4, -0.2) is 55.5 Å². The van der Waals surface area contributed by atoms with Crippen molar-refractivity contribution in [3.8, 4) is 17.2 Å². The Hall–Kier alpha value is -5.01. The topological polar surface area (TPSA) is 127 Å². The predicted molar refractivity (Wildman–Crippen MR) is 160 cm³/mol.